The fourth-order valence-corrected chi connectivity index (χ4v) is 1.38. The van der Waals surface area contributed by atoms with Crippen LogP contribution in [0.15, 0.2) is 24.8 Å². The Labute approximate surface area is 106 Å². The quantitative estimate of drug-likeness (QED) is 0.323. The van der Waals surface area contributed by atoms with Crippen molar-refractivity contribution in [1.29, 1.82) is 0 Å². The van der Waals surface area contributed by atoms with E-state index in [1.54, 1.807) is 6.08 Å². The molecule has 0 saturated carbocycles. The molecule has 0 fully saturated rings. The van der Waals surface area contributed by atoms with Gasteiger partial charge in [0, 0.05) is 6.42 Å². The van der Waals surface area contributed by atoms with Crippen LogP contribution in [0.25, 0.3) is 0 Å². The molecular weight excluding hydrogens is 212 g/mol. The Morgan fingerprint density at radius 1 is 1.29 bits per heavy atom. The van der Waals surface area contributed by atoms with E-state index in [2.05, 4.69) is 26.5 Å². The van der Waals surface area contributed by atoms with Gasteiger partial charge in [0.25, 0.3) is 0 Å². The standard InChI is InChI=1S/C15H26O2/c1-4-5-6-7-8-9-10-11-15(16)17-13-12-14(2)3/h4-6,14H,1,7-13H2,2-3H3/b6-5+. The van der Waals surface area contributed by atoms with E-state index in [0.29, 0.717) is 18.9 Å². The third kappa shape index (κ3) is 12.9. The highest BCUT2D eigenvalue weighted by Crippen LogP contribution is 2.06. The molecule has 0 aliphatic heterocycles. The second kappa shape index (κ2) is 11.4. The fraction of sp³-hybridized carbons (Fsp3) is 0.667. The smallest absolute Gasteiger partial charge is 0.305 e. The van der Waals surface area contributed by atoms with Gasteiger partial charge in [-0.2, -0.15) is 0 Å². The number of carbonyl (C=O) groups excluding carboxylic acids is 1. The van der Waals surface area contributed by atoms with Crippen molar-refractivity contribution in [3.05, 3.63) is 24.8 Å². The van der Waals surface area contributed by atoms with Crippen molar-refractivity contribution in [2.45, 2.75) is 52.4 Å². The van der Waals surface area contributed by atoms with E-state index in [9.17, 15) is 4.79 Å². The molecule has 0 aliphatic carbocycles. The van der Waals surface area contributed by atoms with Crippen LogP contribution in [0.5, 0.6) is 0 Å². The predicted octanol–water partition coefficient (Wildman–Crippen LogP) is 4.27. The van der Waals surface area contributed by atoms with E-state index < -0.39 is 0 Å². The largest absolute Gasteiger partial charge is 0.466 e. The van der Waals surface area contributed by atoms with Crippen LogP contribution < -0.4 is 0 Å². The maximum atomic E-state index is 11.3. The van der Waals surface area contributed by atoms with Crippen LogP contribution in [-0.2, 0) is 9.53 Å². The summed E-state index contributed by atoms with van der Waals surface area (Å²) >= 11 is 0. The molecule has 2 nitrogen and oxygen atoms in total. The molecule has 0 amide bonds. The molecule has 0 unspecified atom stereocenters. The second-order valence-electron chi connectivity index (χ2n) is 4.67. The molecule has 0 heterocycles. The molecule has 0 rings (SSSR count). The first kappa shape index (κ1) is 16.0. The predicted molar refractivity (Wildman–Crippen MR) is 72.8 cm³/mol. The van der Waals surface area contributed by atoms with Crippen molar-refractivity contribution < 1.29 is 9.53 Å². The molecular formula is C15H26O2. The third-order valence-electron chi connectivity index (χ3n) is 2.48. The van der Waals surface area contributed by atoms with E-state index in [-0.39, 0.29) is 5.97 Å². The minimum atomic E-state index is -0.0488. The van der Waals surface area contributed by atoms with Gasteiger partial charge in [-0.05, 0) is 31.6 Å². The lowest BCUT2D eigenvalue weighted by molar-refractivity contribution is -0.144. The van der Waals surface area contributed by atoms with Crippen LogP contribution in [0, 0.1) is 5.92 Å². The first-order chi connectivity index (χ1) is 8.16. The summed E-state index contributed by atoms with van der Waals surface area (Å²) < 4.78 is 5.13. The number of esters is 1. The zero-order valence-electron chi connectivity index (χ0n) is 11.3. The fourth-order valence-electron chi connectivity index (χ4n) is 1.38. The number of rotatable bonds is 10. The maximum Gasteiger partial charge on any atom is 0.305 e. The van der Waals surface area contributed by atoms with Crippen LogP contribution in [-0.4, -0.2) is 12.6 Å². The molecule has 0 spiro atoms. The molecule has 0 radical (unpaired) electrons. The van der Waals surface area contributed by atoms with Crippen LogP contribution in [0.2, 0.25) is 0 Å². The van der Waals surface area contributed by atoms with Gasteiger partial charge in [0.15, 0.2) is 0 Å². The number of hydrogen-bond donors (Lipinski definition) is 0. The summed E-state index contributed by atoms with van der Waals surface area (Å²) in [5, 5.41) is 0. The molecule has 0 aliphatic rings. The molecule has 2 heteroatoms. The molecule has 0 aromatic carbocycles. The summed E-state index contributed by atoms with van der Waals surface area (Å²) in [7, 11) is 0. The Balaban J connectivity index is 3.27. The van der Waals surface area contributed by atoms with Gasteiger partial charge in [-0.25, -0.2) is 0 Å². The highest BCUT2D eigenvalue weighted by Gasteiger charge is 2.02. The Kier molecular flexibility index (Phi) is 10.7. The monoisotopic (exact) mass is 238 g/mol. The molecule has 0 atom stereocenters. The highest BCUT2D eigenvalue weighted by molar-refractivity contribution is 5.69. The van der Waals surface area contributed by atoms with Gasteiger partial charge >= 0.3 is 5.97 Å². The van der Waals surface area contributed by atoms with Crippen molar-refractivity contribution in [3.63, 3.8) is 0 Å². The van der Waals surface area contributed by atoms with Gasteiger partial charge in [-0.1, -0.05) is 45.1 Å². The summed E-state index contributed by atoms with van der Waals surface area (Å²) in [5.74, 6) is 0.548. The molecule has 0 aromatic heterocycles. The van der Waals surface area contributed by atoms with E-state index in [4.69, 9.17) is 4.74 Å². The number of unbranched alkanes of at least 4 members (excludes halogenated alkanes) is 3. The van der Waals surface area contributed by atoms with Crippen molar-refractivity contribution in [1.82, 2.24) is 0 Å². The van der Waals surface area contributed by atoms with Gasteiger partial charge in [0.1, 0.15) is 0 Å². The number of hydrogen-bond acceptors (Lipinski definition) is 2. The molecule has 0 saturated heterocycles. The normalized spacial score (nSPS) is 11.0. The van der Waals surface area contributed by atoms with Gasteiger partial charge in [-0.3, -0.25) is 4.79 Å². The van der Waals surface area contributed by atoms with E-state index in [1.165, 1.54) is 0 Å². The lowest BCUT2D eigenvalue weighted by Gasteiger charge is -2.06. The summed E-state index contributed by atoms with van der Waals surface area (Å²) in [5.41, 5.74) is 0. The number of carbonyl (C=O) groups is 1. The lowest BCUT2D eigenvalue weighted by Crippen LogP contribution is -2.07. The van der Waals surface area contributed by atoms with Crippen LogP contribution >= 0.6 is 0 Å². The van der Waals surface area contributed by atoms with Gasteiger partial charge in [0.2, 0.25) is 0 Å². The zero-order valence-corrected chi connectivity index (χ0v) is 11.3. The summed E-state index contributed by atoms with van der Waals surface area (Å²) in [6.45, 7) is 8.44. The average Bonchev–Trinajstić information content (AvgIpc) is 2.27. The average molecular weight is 238 g/mol. The topological polar surface area (TPSA) is 26.3 Å². The van der Waals surface area contributed by atoms with Gasteiger partial charge < -0.3 is 4.74 Å². The minimum absolute atomic E-state index is 0.0488. The molecule has 0 N–H and O–H groups in total. The second-order valence-corrected chi connectivity index (χ2v) is 4.67. The highest BCUT2D eigenvalue weighted by atomic mass is 16.5. The Morgan fingerprint density at radius 3 is 2.71 bits per heavy atom. The van der Waals surface area contributed by atoms with Crippen molar-refractivity contribution in [2.24, 2.45) is 5.92 Å². The Hall–Kier alpha value is -1.05. The SMILES string of the molecule is C=C/C=C/CCCCCC(=O)OCCC(C)C. The summed E-state index contributed by atoms with van der Waals surface area (Å²) in [6, 6.07) is 0. The minimum Gasteiger partial charge on any atom is -0.466 e. The van der Waals surface area contributed by atoms with E-state index in [1.807, 2.05) is 6.08 Å². The lowest BCUT2D eigenvalue weighted by atomic mass is 10.1. The van der Waals surface area contributed by atoms with Crippen LogP contribution in [0.3, 0.4) is 0 Å². The first-order valence-electron chi connectivity index (χ1n) is 6.60. The summed E-state index contributed by atoms with van der Waals surface area (Å²) in [4.78, 5) is 11.3. The van der Waals surface area contributed by atoms with Crippen molar-refractivity contribution in [3.8, 4) is 0 Å². The van der Waals surface area contributed by atoms with Crippen molar-refractivity contribution >= 4 is 5.97 Å². The molecule has 0 bridgehead atoms. The molecule has 98 valence electrons. The number of allylic oxidation sites excluding steroid dienone is 3. The van der Waals surface area contributed by atoms with E-state index in [0.717, 1.165) is 32.1 Å². The van der Waals surface area contributed by atoms with Crippen molar-refractivity contribution in [2.75, 3.05) is 6.61 Å². The van der Waals surface area contributed by atoms with Gasteiger partial charge in [0.05, 0.1) is 6.61 Å². The number of ether oxygens (including phenoxy) is 1. The zero-order chi connectivity index (χ0) is 12.9. The van der Waals surface area contributed by atoms with E-state index >= 15 is 0 Å². The van der Waals surface area contributed by atoms with Crippen LogP contribution in [0.1, 0.15) is 52.4 Å². The molecule has 0 aromatic rings. The Bertz CT molecular complexity index is 229. The third-order valence-corrected chi connectivity index (χ3v) is 2.48. The summed E-state index contributed by atoms with van der Waals surface area (Å²) in [6.07, 6.45) is 11.6. The first-order valence-corrected chi connectivity index (χ1v) is 6.60. The van der Waals surface area contributed by atoms with Gasteiger partial charge in [-0.15, -0.1) is 0 Å². The Morgan fingerprint density at radius 2 is 2.06 bits per heavy atom. The van der Waals surface area contributed by atoms with Crippen LogP contribution in [0.4, 0.5) is 0 Å². The molecule has 17 heavy (non-hydrogen) atoms. The maximum absolute atomic E-state index is 11.3.